The summed E-state index contributed by atoms with van der Waals surface area (Å²) in [5, 5.41) is 13.3. The summed E-state index contributed by atoms with van der Waals surface area (Å²) in [5.74, 6) is 0. The third-order valence-corrected chi connectivity index (χ3v) is 5.03. The Morgan fingerprint density at radius 1 is 1.09 bits per heavy atom. The fourth-order valence-corrected chi connectivity index (χ4v) is 3.88. The van der Waals surface area contributed by atoms with Gasteiger partial charge in [0, 0.05) is 31.4 Å². The third kappa shape index (κ3) is 4.46. The smallest absolute Gasteiger partial charge is 0.0726 e. The normalized spacial score (nSPS) is 32.0. The minimum atomic E-state index is -0.0864. The van der Waals surface area contributed by atoms with Gasteiger partial charge in [0.05, 0.1) is 18.3 Å². The number of para-hydroxylation sites is 1. The molecule has 4 nitrogen and oxygen atoms in total. The van der Waals surface area contributed by atoms with Crippen molar-refractivity contribution in [2.45, 2.75) is 70.4 Å². The Morgan fingerprint density at radius 2 is 1.74 bits per heavy atom. The lowest BCUT2D eigenvalue weighted by Gasteiger charge is -2.38. The summed E-state index contributed by atoms with van der Waals surface area (Å²) >= 11 is 0. The van der Waals surface area contributed by atoms with Gasteiger partial charge in [-0.1, -0.05) is 18.2 Å². The van der Waals surface area contributed by atoms with Gasteiger partial charge in [-0.2, -0.15) is 0 Å². The van der Waals surface area contributed by atoms with Crippen molar-refractivity contribution < 1.29 is 9.84 Å². The zero-order valence-corrected chi connectivity index (χ0v) is 14.4. The second-order valence-corrected chi connectivity index (χ2v) is 7.18. The molecular weight excluding hydrogens is 288 g/mol. The van der Waals surface area contributed by atoms with E-state index in [0.717, 1.165) is 45.3 Å². The van der Waals surface area contributed by atoms with E-state index in [9.17, 15) is 5.11 Å². The molecule has 1 aromatic carbocycles. The first-order valence-electron chi connectivity index (χ1n) is 9.01. The summed E-state index contributed by atoms with van der Waals surface area (Å²) in [6, 6.07) is 9.24. The summed E-state index contributed by atoms with van der Waals surface area (Å²) in [4.78, 5) is 2.46. The number of aliphatic hydroxyl groups is 1. The molecule has 3 rings (SSSR count). The number of ether oxygens (including phenoxy) is 1. The maximum Gasteiger partial charge on any atom is 0.0726 e. The van der Waals surface area contributed by atoms with Gasteiger partial charge < -0.3 is 20.1 Å². The number of aliphatic hydroxyl groups excluding tert-OH is 1. The van der Waals surface area contributed by atoms with Crippen molar-refractivity contribution in [1.29, 1.82) is 0 Å². The molecule has 1 heterocycles. The highest BCUT2D eigenvalue weighted by atomic mass is 16.5. The second-order valence-electron chi connectivity index (χ2n) is 7.18. The van der Waals surface area contributed by atoms with E-state index in [4.69, 9.17) is 4.74 Å². The van der Waals surface area contributed by atoms with E-state index >= 15 is 0 Å². The number of anilines is 1. The lowest BCUT2D eigenvalue weighted by Crippen LogP contribution is -2.46. The Labute approximate surface area is 139 Å². The van der Waals surface area contributed by atoms with Gasteiger partial charge in [0.15, 0.2) is 0 Å². The van der Waals surface area contributed by atoms with Gasteiger partial charge in [0.25, 0.3) is 0 Å². The molecule has 1 aromatic rings. The average molecular weight is 318 g/mol. The van der Waals surface area contributed by atoms with Crippen LogP contribution in [0.2, 0.25) is 0 Å². The quantitative estimate of drug-likeness (QED) is 0.896. The molecule has 2 aliphatic rings. The van der Waals surface area contributed by atoms with Crippen molar-refractivity contribution >= 4 is 5.69 Å². The second kappa shape index (κ2) is 7.65. The molecule has 1 aliphatic carbocycles. The Kier molecular flexibility index (Phi) is 5.57. The molecule has 2 atom stereocenters. The number of rotatable bonds is 4. The molecule has 1 aliphatic heterocycles. The van der Waals surface area contributed by atoms with E-state index in [1.807, 2.05) is 0 Å². The van der Waals surface area contributed by atoms with Gasteiger partial charge in [-0.15, -0.1) is 0 Å². The fraction of sp³-hybridized carbons (Fsp3) is 0.684. The predicted octanol–water partition coefficient (Wildman–Crippen LogP) is 2.69. The van der Waals surface area contributed by atoms with E-state index in [1.54, 1.807) is 0 Å². The van der Waals surface area contributed by atoms with Crippen LogP contribution in [0.3, 0.4) is 0 Å². The number of nitrogens with one attached hydrogen (secondary N) is 1. The number of hydrogen-bond donors (Lipinski definition) is 2. The Balaban J connectivity index is 1.63. The van der Waals surface area contributed by atoms with Crippen LogP contribution in [0.1, 0.15) is 45.1 Å². The summed E-state index contributed by atoms with van der Waals surface area (Å²) < 4.78 is 5.86. The molecule has 4 heteroatoms. The van der Waals surface area contributed by atoms with Crippen LogP contribution in [0.25, 0.3) is 0 Å². The molecule has 0 aromatic heterocycles. The van der Waals surface area contributed by atoms with Crippen molar-refractivity contribution in [3.8, 4) is 0 Å². The summed E-state index contributed by atoms with van der Waals surface area (Å²) in [5.41, 5.74) is 2.69. The van der Waals surface area contributed by atoms with E-state index in [2.05, 4.69) is 48.3 Å². The molecule has 2 unspecified atom stereocenters. The van der Waals surface area contributed by atoms with E-state index in [-0.39, 0.29) is 18.3 Å². The van der Waals surface area contributed by atoms with Crippen molar-refractivity contribution in [3.63, 3.8) is 0 Å². The van der Waals surface area contributed by atoms with Gasteiger partial charge in [-0.25, -0.2) is 0 Å². The first-order valence-corrected chi connectivity index (χ1v) is 9.01. The van der Waals surface area contributed by atoms with Crippen LogP contribution in [0.4, 0.5) is 5.69 Å². The molecule has 23 heavy (non-hydrogen) atoms. The first-order chi connectivity index (χ1) is 11.1. The fourth-order valence-electron chi connectivity index (χ4n) is 3.88. The topological polar surface area (TPSA) is 44.7 Å². The maximum absolute atomic E-state index is 9.63. The van der Waals surface area contributed by atoms with Crippen molar-refractivity contribution in [2.75, 3.05) is 18.0 Å². The molecule has 2 N–H and O–H groups in total. The summed E-state index contributed by atoms with van der Waals surface area (Å²) in [6.45, 7) is 7.11. The van der Waals surface area contributed by atoms with Gasteiger partial charge in [-0.05, 0) is 51.2 Å². The molecule has 0 amide bonds. The Bertz CT molecular complexity index is 490. The van der Waals surface area contributed by atoms with Crippen molar-refractivity contribution in [3.05, 3.63) is 29.8 Å². The van der Waals surface area contributed by atoms with Gasteiger partial charge >= 0.3 is 0 Å². The first kappa shape index (κ1) is 16.7. The number of nitrogens with zero attached hydrogens (tertiary/aromatic N) is 1. The predicted molar refractivity (Wildman–Crippen MR) is 93.8 cm³/mol. The van der Waals surface area contributed by atoms with E-state index in [0.29, 0.717) is 6.04 Å². The Hall–Kier alpha value is -1.10. The van der Waals surface area contributed by atoms with E-state index in [1.165, 1.54) is 11.3 Å². The van der Waals surface area contributed by atoms with Crippen LogP contribution in [-0.2, 0) is 11.3 Å². The zero-order chi connectivity index (χ0) is 16.2. The molecule has 1 saturated heterocycles. The van der Waals surface area contributed by atoms with Crippen molar-refractivity contribution in [1.82, 2.24) is 5.32 Å². The summed E-state index contributed by atoms with van der Waals surface area (Å²) in [7, 11) is 0. The van der Waals surface area contributed by atoms with Gasteiger partial charge in [0.1, 0.15) is 0 Å². The van der Waals surface area contributed by atoms with E-state index < -0.39 is 0 Å². The molecule has 0 spiro atoms. The number of benzene rings is 1. The van der Waals surface area contributed by atoms with Crippen LogP contribution >= 0.6 is 0 Å². The van der Waals surface area contributed by atoms with Gasteiger partial charge in [-0.3, -0.25) is 0 Å². The highest BCUT2D eigenvalue weighted by molar-refractivity contribution is 5.54. The monoisotopic (exact) mass is 318 g/mol. The third-order valence-electron chi connectivity index (χ3n) is 5.03. The minimum absolute atomic E-state index is 0.0864. The molecule has 2 fully saturated rings. The van der Waals surface area contributed by atoms with Crippen LogP contribution in [0, 0.1) is 0 Å². The largest absolute Gasteiger partial charge is 0.393 e. The zero-order valence-electron chi connectivity index (χ0n) is 14.4. The molecule has 0 radical (unpaired) electrons. The van der Waals surface area contributed by atoms with Gasteiger partial charge in [0.2, 0.25) is 0 Å². The SMILES string of the molecule is CC1CN(c2ccccc2CNC2CCC(O)CC2)CC(C)O1. The lowest BCUT2D eigenvalue weighted by molar-refractivity contribution is -0.00526. The average Bonchev–Trinajstić information content (AvgIpc) is 2.54. The minimum Gasteiger partial charge on any atom is -0.393 e. The Morgan fingerprint density at radius 3 is 2.43 bits per heavy atom. The standard InChI is InChI=1S/C19H30N2O2/c1-14-12-21(13-15(2)23-14)19-6-4-3-5-16(19)11-20-17-7-9-18(22)10-8-17/h3-6,14-15,17-18,20,22H,7-13H2,1-2H3. The maximum atomic E-state index is 9.63. The number of morpholine rings is 1. The molecule has 1 saturated carbocycles. The number of hydrogen-bond acceptors (Lipinski definition) is 4. The molecular formula is C19H30N2O2. The van der Waals surface area contributed by atoms with Crippen LogP contribution in [0.5, 0.6) is 0 Å². The molecule has 0 bridgehead atoms. The highest BCUT2D eigenvalue weighted by Gasteiger charge is 2.24. The summed E-state index contributed by atoms with van der Waals surface area (Å²) in [6.07, 6.45) is 4.48. The van der Waals surface area contributed by atoms with Crippen molar-refractivity contribution in [2.24, 2.45) is 0 Å². The van der Waals surface area contributed by atoms with Crippen LogP contribution < -0.4 is 10.2 Å². The van der Waals surface area contributed by atoms with Crippen LogP contribution in [-0.4, -0.2) is 42.5 Å². The van der Waals surface area contributed by atoms with Crippen LogP contribution in [0.15, 0.2) is 24.3 Å². The lowest BCUT2D eigenvalue weighted by atomic mass is 9.93. The highest BCUT2D eigenvalue weighted by Crippen LogP contribution is 2.25. The molecule has 128 valence electrons.